The standard InChI is InChI=1S/C50H33N3O2/c1-30-18-25-40-44(26-30)55-43-17-9-15-38(46(40)43)37-28-41(47-39-14-7-8-16-42(39)54-45(47)29-37)50-52-48(34-22-19-33(20-23-34)31-10-3-2-4-11-31)51-49(53-50)36-24-21-32-12-5-6-13-35(32)27-36/h2-25,27-30H,26H2,1H3. The first kappa shape index (κ1) is 31.4. The Morgan fingerprint density at radius 2 is 1.16 bits per heavy atom. The summed E-state index contributed by atoms with van der Waals surface area (Å²) >= 11 is 0. The molecule has 0 amide bonds. The van der Waals surface area contributed by atoms with Gasteiger partial charge in [0, 0.05) is 44.8 Å². The van der Waals surface area contributed by atoms with E-state index >= 15 is 0 Å². The van der Waals surface area contributed by atoms with Crippen molar-refractivity contribution in [1.82, 2.24) is 15.0 Å². The van der Waals surface area contributed by atoms with Crippen molar-refractivity contribution in [2.75, 3.05) is 0 Å². The third kappa shape index (κ3) is 5.35. The number of para-hydroxylation sites is 1. The SMILES string of the molecule is CC1C=Cc2c(oc3cccc(-c4cc(-c5nc(-c6ccc(-c7ccccc7)cc6)nc(-c6ccc7ccccc7c6)n5)c5c(c4)oc4ccccc45)c23)C1. The van der Waals surface area contributed by atoms with Gasteiger partial charge in [0.2, 0.25) is 0 Å². The Balaban J connectivity index is 1.16. The van der Waals surface area contributed by atoms with Gasteiger partial charge in [0.05, 0.1) is 0 Å². The smallest absolute Gasteiger partial charge is 0.164 e. The van der Waals surface area contributed by atoms with Crippen molar-refractivity contribution in [1.29, 1.82) is 0 Å². The van der Waals surface area contributed by atoms with Gasteiger partial charge in [0.15, 0.2) is 17.5 Å². The van der Waals surface area contributed by atoms with Gasteiger partial charge in [-0.3, -0.25) is 0 Å². The van der Waals surface area contributed by atoms with Crippen molar-refractivity contribution in [3.8, 4) is 56.4 Å². The van der Waals surface area contributed by atoms with E-state index in [1.807, 2.05) is 18.2 Å². The van der Waals surface area contributed by atoms with Gasteiger partial charge in [0.1, 0.15) is 22.5 Å². The van der Waals surface area contributed by atoms with Crippen LogP contribution >= 0.6 is 0 Å². The molecule has 0 saturated heterocycles. The van der Waals surface area contributed by atoms with Crippen LogP contribution in [0.4, 0.5) is 0 Å². The number of furan rings is 2. The molecule has 7 aromatic carbocycles. The molecular weight excluding hydrogens is 675 g/mol. The summed E-state index contributed by atoms with van der Waals surface area (Å²) in [6, 6.07) is 52.5. The first-order valence-electron chi connectivity index (χ1n) is 18.7. The summed E-state index contributed by atoms with van der Waals surface area (Å²) in [6.45, 7) is 2.22. The molecule has 3 aromatic heterocycles. The van der Waals surface area contributed by atoms with E-state index in [1.54, 1.807) is 0 Å². The van der Waals surface area contributed by atoms with E-state index in [4.69, 9.17) is 23.8 Å². The quantitative estimate of drug-likeness (QED) is 0.178. The molecule has 0 aliphatic heterocycles. The number of rotatable bonds is 5. The number of hydrogen-bond donors (Lipinski definition) is 0. The van der Waals surface area contributed by atoms with Gasteiger partial charge in [-0.1, -0.05) is 140 Å². The lowest BCUT2D eigenvalue weighted by Gasteiger charge is -2.13. The number of nitrogens with zero attached hydrogens (tertiary/aromatic N) is 3. The van der Waals surface area contributed by atoms with E-state index < -0.39 is 0 Å². The number of aromatic nitrogens is 3. The van der Waals surface area contributed by atoms with Gasteiger partial charge in [0.25, 0.3) is 0 Å². The first-order chi connectivity index (χ1) is 27.1. The number of hydrogen-bond acceptors (Lipinski definition) is 5. The zero-order valence-corrected chi connectivity index (χ0v) is 30.0. The van der Waals surface area contributed by atoms with E-state index in [-0.39, 0.29) is 0 Å². The Labute approximate surface area is 317 Å². The molecule has 3 heterocycles. The van der Waals surface area contributed by atoms with E-state index in [0.29, 0.717) is 23.4 Å². The van der Waals surface area contributed by atoms with Gasteiger partial charge in [-0.25, -0.2) is 15.0 Å². The normalized spacial score (nSPS) is 13.9. The zero-order valence-electron chi connectivity index (χ0n) is 30.0. The monoisotopic (exact) mass is 707 g/mol. The summed E-state index contributed by atoms with van der Waals surface area (Å²) in [4.78, 5) is 15.7. The van der Waals surface area contributed by atoms with Crippen LogP contribution in [0.5, 0.6) is 0 Å². The predicted octanol–water partition coefficient (Wildman–Crippen LogP) is 13.2. The van der Waals surface area contributed by atoms with Gasteiger partial charge in [-0.05, 0) is 69.3 Å². The summed E-state index contributed by atoms with van der Waals surface area (Å²) in [7, 11) is 0. The fourth-order valence-electron chi connectivity index (χ4n) is 8.12. The highest BCUT2D eigenvalue weighted by Crippen LogP contribution is 2.44. The Morgan fingerprint density at radius 1 is 0.473 bits per heavy atom. The second kappa shape index (κ2) is 12.5. The molecule has 1 aliphatic carbocycles. The van der Waals surface area contributed by atoms with Crippen LogP contribution in [0.25, 0.3) is 106 Å². The topological polar surface area (TPSA) is 65.0 Å². The molecule has 0 radical (unpaired) electrons. The van der Waals surface area contributed by atoms with Gasteiger partial charge >= 0.3 is 0 Å². The van der Waals surface area contributed by atoms with E-state index in [1.165, 1.54) is 0 Å². The molecule has 1 aliphatic rings. The highest BCUT2D eigenvalue weighted by molar-refractivity contribution is 6.14. The van der Waals surface area contributed by atoms with Crippen LogP contribution in [0.1, 0.15) is 18.2 Å². The summed E-state index contributed by atoms with van der Waals surface area (Å²) < 4.78 is 13.1. The van der Waals surface area contributed by atoms with Gasteiger partial charge < -0.3 is 8.83 Å². The van der Waals surface area contributed by atoms with Crippen molar-refractivity contribution in [2.24, 2.45) is 5.92 Å². The maximum Gasteiger partial charge on any atom is 0.164 e. The van der Waals surface area contributed by atoms with Crippen LogP contribution < -0.4 is 0 Å². The fourth-order valence-corrected chi connectivity index (χ4v) is 8.12. The third-order valence-corrected chi connectivity index (χ3v) is 10.9. The first-order valence-corrected chi connectivity index (χ1v) is 18.7. The molecule has 1 unspecified atom stereocenters. The van der Waals surface area contributed by atoms with E-state index in [9.17, 15) is 0 Å². The summed E-state index contributed by atoms with van der Waals surface area (Å²) in [5.41, 5.74) is 10.7. The lowest BCUT2D eigenvalue weighted by atomic mass is 9.91. The predicted molar refractivity (Wildman–Crippen MR) is 223 cm³/mol. The maximum absolute atomic E-state index is 6.62. The number of allylic oxidation sites excluding steroid dienone is 1. The highest BCUT2D eigenvalue weighted by atomic mass is 16.3. The van der Waals surface area contributed by atoms with Crippen LogP contribution in [-0.4, -0.2) is 15.0 Å². The molecule has 0 spiro atoms. The molecule has 5 nitrogen and oxygen atoms in total. The van der Waals surface area contributed by atoms with E-state index in [0.717, 1.165) is 100 Å². The zero-order chi connectivity index (χ0) is 36.5. The average Bonchev–Trinajstić information content (AvgIpc) is 3.81. The second-order valence-electron chi connectivity index (χ2n) is 14.5. The minimum Gasteiger partial charge on any atom is -0.460 e. The van der Waals surface area contributed by atoms with Crippen molar-refractivity contribution in [2.45, 2.75) is 13.3 Å². The molecule has 0 N–H and O–H groups in total. The van der Waals surface area contributed by atoms with Crippen molar-refractivity contribution >= 4 is 49.8 Å². The summed E-state index contributed by atoms with van der Waals surface area (Å²) in [5.74, 6) is 3.25. The Morgan fingerprint density at radius 3 is 2.04 bits per heavy atom. The van der Waals surface area contributed by atoms with E-state index in [2.05, 4.69) is 153 Å². The largest absolute Gasteiger partial charge is 0.460 e. The van der Waals surface area contributed by atoms with Crippen LogP contribution in [-0.2, 0) is 6.42 Å². The molecule has 11 rings (SSSR count). The van der Waals surface area contributed by atoms with Crippen LogP contribution in [0.15, 0.2) is 167 Å². The molecule has 5 heteroatoms. The van der Waals surface area contributed by atoms with Crippen LogP contribution in [0.3, 0.4) is 0 Å². The minimum atomic E-state index is 0.430. The molecule has 0 fully saturated rings. The molecule has 55 heavy (non-hydrogen) atoms. The van der Waals surface area contributed by atoms with Crippen LogP contribution in [0.2, 0.25) is 0 Å². The molecule has 260 valence electrons. The Kier molecular flexibility index (Phi) is 7.14. The molecule has 0 bridgehead atoms. The molecule has 0 saturated carbocycles. The summed E-state index contributed by atoms with van der Waals surface area (Å²) in [5, 5.41) is 5.37. The highest BCUT2D eigenvalue weighted by Gasteiger charge is 2.24. The number of fused-ring (bicyclic) bond motifs is 7. The van der Waals surface area contributed by atoms with Crippen molar-refractivity contribution in [3.05, 3.63) is 169 Å². The fraction of sp³-hybridized carbons (Fsp3) is 0.0600. The Bertz CT molecular complexity index is 3140. The average molecular weight is 708 g/mol. The lowest BCUT2D eigenvalue weighted by molar-refractivity contribution is 0.513. The minimum absolute atomic E-state index is 0.430. The number of benzene rings is 7. The molecule has 10 aromatic rings. The maximum atomic E-state index is 6.62. The molecular formula is C50H33N3O2. The third-order valence-electron chi connectivity index (χ3n) is 10.9. The van der Waals surface area contributed by atoms with Crippen molar-refractivity contribution in [3.63, 3.8) is 0 Å². The Hall–Kier alpha value is -7.11. The molecule has 1 atom stereocenters. The van der Waals surface area contributed by atoms with Gasteiger partial charge in [-0.2, -0.15) is 0 Å². The second-order valence-corrected chi connectivity index (χ2v) is 14.5. The lowest BCUT2D eigenvalue weighted by Crippen LogP contribution is -2.01. The summed E-state index contributed by atoms with van der Waals surface area (Å²) in [6.07, 6.45) is 5.37. The van der Waals surface area contributed by atoms with Gasteiger partial charge in [-0.15, -0.1) is 0 Å². The van der Waals surface area contributed by atoms with Crippen LogP contribution in [0, 0.1) is 5.92 Å². The van der Waals surface area contributed by atoms with Crippen molar-refractivity contribution < 1.29 is 8.83 Å².